The van der Waals surface area contributed by atoms with E-state index in [4.69, 9.17) is 9.97 Å². The molecule has 204 valence electrons. The summed E-state index contributed by atoms with van der Waals surface area (Å²) in [6.07, 6.45) is 0. The molecular weight excluding hydrogens is 532 g/mol. The van der Waals surface area contributed by atoms with Gasteiger partial charge in [-0.3, -0.25) is 0 Å². The predicted molar refractivity (Wildman–Crippen MR) is 183 cm³/mol. The molecule has 0 unspecified atom stereocenters. The highest BCUT2D eigenvalue weighted by Gasteiger charge is 2.29. The molecule has 1 aromatic heterocycles. The van der Waals surface area contributed by atoms with E-state index in [0.29, 0.717) is 0 Å². The van der Waals surface area contributed by atoms with Crippen LogP contribution in [0.4, 0.5) is 0 Å². The minimum Gasteiger partial charge on any atom is -0.244 e. The summed E-state index contributed by atoms with van der Waals surface area (Å²) < 4.78 is 0. The third-order valence-electron chi connectivity index (χ3n) is 8.80. The Morgan fingerprint density at radius 3 is 1.55 bits per heavy atom. The molecule has 9 rings (SSSR count). The smallest absolute Gasteiger partial charge is 0.0979 e. The van der Waals surface area contributed by atoms with Crippen LogP contribution >= 0.6 is 0 Å². The van der Waals surface area contributed by atoms with Gasteiger partial charge >= 0.3 is 0 Å². The number of rotatable bonds is 4. The summed E-state index contributed by atoms with van der Waals surface area (Å²) >= 11 is 0. The molecule has 44 heavy (non-hydrogen) atoms. The second-order valence-corrected chi connectivity index (χ2v) is 11.3. The van der Waals surface area contributed by atoms with E-state index in [1.807, 2.05) is 12.1 Å². The normalized spacial score (nSPS) is 11.6. The van der Waals surface area contributed by atoms with Gasteiger partial charge in [0, 0.05) is 16.7 Å². The summed E-state index contributed by atoms with van der Waals surface area (Å²) in [5.74, 6) is 0. The molecule has 0 saturated heterocycles. The highest BCUT2D eigenvalue weighted by atomic mass is 14.8. The largest absolute Gasteiger partial charge is 0.244 e. The summed E-state index contributed by atoms with van der Waals surface area (Å²) in [6, 6.07) is 55.9. The standard InChI is InChI=1S/C42H26N2/c1-3-12-27(13-4-1)30-18-9-19-31(26-30)41-42(44-37-23-8-7-22-36(37)43-41)35-25-24-32(28-14-5-2-6-15-28)39-33-20-10-16-29-17-11-21-34(38(29)33)40(35)39/h1-26H. The number of para-hydroxylation sites is 2. The molecule has 1 aliphatic carbocycles. The van der Waals surface area contributed by atoms with Gasteiger partial charge in [-0.2, -0.15) is 0 Å². The fourth-order valence-electron chi connectivity index (χ4n) is 6.84. The average Bonchev–Trinajstić information content (AvgIpc) is 3.44. The van der Waals surface area contributed by atoms with Crippen LogP contribution in [0.1, 0.15) is 0 Å². The van der Waals surface area contributed by atoms with Gasteiger partial charge in [0.25, 0.3) is 0 Å². The van der Waals surface area contributed by atoms with Crippen LogP contribution in [-0.4, -0.2) is 9.97 Å². The first-order valence-electron chi connectivity index (χ1n) is 15.0. The number of aromatic nitrogens is 2. The Bertz CT molecular complexity index is 2370. The first kappa shape index (κ1) is 24.7. The van der Waals surface area contributed by atoms with E-state index in [-0.39, 0.29) is 0 Å². The zero-order valence-electron chi connectivity index (χ0n) is 23.9. The lowest BCUT2D eigenvalue weighted by Crippen LogP contribution is -1.98. The van der Waals surface area contributed by atoms with E-state index in [2.05, 4.69) is 146 Å². The lowest BCUT2D eigenvalue weighted by Gasteiger charge is -2.18. The van der Waals surface area contributed by atoms with Crippen molar-refractivity contribution in [3.8, 4) is 67.0 Å². The number of hydrogen-bond donors (Lipinski definition) is 0. The van der Waals surface area contributed by atoms with Crippen LogP contribution < -0.4 is 0 Å². The van der Waals surface area contributed by atoms with Gasteiger partial charge in [0.15, 0.2) is 0 Å². The average molecular weight is 559 g/mol. The molecule has 1 aliphatic rings. The first-order valence-corrected chi connectivity index (χ1v) is 15.0. The van der Waals surface area contributed by atoms with Crippen molar-refractivity contribution in [3.05, 3.63) is 158 Å². The molecule has 0 saturated carbocycles. The maximum absolute atomic E-state index is 5.37. The molecule has 0 radical (unpaired) electrons. The van der Waals surface area contributed by atoms with Gasteiger partial charge < -0.3 is 0 Å². The van der Waals surface area contributed by atoms with Crippen LogP contribution in [0.5, 0.6) is 0 Å². The fourth-order valence-corrected chi connectivity index (χ4v) is 6.84. The van der Waals surface area contributed by atoms with E-state index in [1.165, 1.54) is 49.7 Å². The van der Waals surface area contributed by atoms with Crippen molar-refractivity contribution >= 4 is 21.8 Å². The van der Waals surface area contributed by atoms with Gasteiger partial charge in [0.2, 0.25) is 0 Å². The highest BCUT2D eigenvalue weighted by molar-refractivity contribution is 6.21. The van der Waals surface area contributed by atoms with Crippen molar-refractivity contribution in [1.29, 1.82) is 0 Å². The van der Waals surface area contributed by atoms with E-state index in [0.717, 1.165) is 39.1 Å². The third kappa shape index (κ3) is 3.82. The molecule has 0 fully saturated rings. The van der Waals surface area contributed by atoms with Gasteiger partial charge in [-0.1, -0.05) is 140 Å². The Kier molecular flexibility index (Phi) is 5.54. The topological polar surface area (TPSA) is 25.8 Å². The Labute approximate surface area is 256 Å². The molecule has 7 aromatic carbocycles. The molecule has 0 bridgehead atoms. The lowest BCUT2D eigenvalue weighted by molar-refractivity contribution is 1.29. The van der Waals surface area contributed by atoms with Gasteiger partial charge in [-0.15, -0.1) is 0 Å². The summed E-state index contributed by atoms with van der Waals surface area (Å²) in [5, 5.41) is 2.55. The van der Waals surface area contributed by atoms with E-state index in [1.54, 1.807) is 0 Å². The van der Waals surface area contributed by atoms with Gasteiger partial charge in [-0.05, 0) is 67.9 Å². The van der Waals surface area contributed by atoms with Crippen LogP contribution in [0.25, 0.3) is 88.8 Å². The molecule has 8 aromatic rings. The Morgan fingerprint density at radius 1 is 0.318 bits per heavy atom. The molecule has 0 N–H and O–H groups in total. The molecule has 2 nitrogen and oxygen atoms in total. The van der Waals surface area contributed by atoms with Crippen molar-refractivity contribution < 1.29 is 0 Å². The van der Waals surface area contributed by atoms with Gasteiger partial charge in [-0.25, -0.2) is 9.97 Å². The van der Waals surface area contributed by atoms with Crippen LogP contribution in [0.15, 0.2) is 158 Å². The maximum Gasteiger partial charge on any atom is 0.0979 e. The van der Waals surface area contributed by atoms with Crippen molar-refractivity contribution in [3.63, 3.8) is 0 Å². The number of benzene rings is 7. The Morgan fingerprint density at radius 2 is 0.841 bits per heavy atom. The van der Waals surface area contributed by atoms with Crippen LogP contribution in [0.3, 0.4) is 0 Å². The second kappa shape index (κ2) is 9.86. The first-order chi connectivity index (χ1) is 21.8. The third-order valence-corrected chi connectivity index (χ3v) is 8.80. The van der Waals surface area contributed by atoms with Crippen LogP contribution in [0, 0.1) is 0 Å². The summed E-state index contributed by atoms with van der Waals surface area (Å²) in [7, 11) is 0. The van der Waals surface area contributed by atoms with Crippen molar-refractivity contribution in [1.82, 2.24) is 9.97 Å². The SMILES string of the molecule is c1ccc(-c2cccc(-c3nc4ccccc4nc3-c3ccc(-c4ccccc4)c4c3-c3cccc5cccc-4c35)c2)cc1. The molecule has 0 spiro atoms. The quantitative estimate of drug-likeness (QED) is 0.215. The fraction of sp³-hybridized carbons (Fsp3) is 0. The Balaban J connectivity index is 1.37. The van der Waals surface area contributed by atoms with Crippen LogP contribution in [0.2, 0.25) is 0 Å². The molecule has 0 amide bonds. The van der Waals surface area contributed by atoms with Crippen molar-refractivity contribution in [2.24, 2.45) is 0 Å². The number of nitrogens with zero attached hydrogens (tertiary/aromatic N) is 2. The van der Waals surface area contributed by atoms with Gasteiger partial charge in [0.1, 0.15) is 0 Å². The minimum atomic E-state index is 0.888. The Hall–Kier alpha value is -5.86. The summed E-state index contributed by atoms with van der Waals surface area (Å²) in [4.78, 5) is 10.7. The van der Waals surface area contributed by atoms with Crippen molar-refractivity contribution in [2.45, 2.75) is 0 Å². The zero-order chi connectivity index (χ0) is 29.0. The van der Waals surface area contributed by atoms with Crippen molar-refractivity contribution in [2.75, 3.05) is 0 Å². The summed E-state index contributed by atoms with van der Waals surface area (Å²) in [6.45, 7) is 0. The molecule has 1 heterocycles. The van der Waals surface area contributed by atoms with Gasteiger partial charge in [0.05, 0.1) is 22.4 Å². The lowest BCUT2D eigenvalue weighted by atomic mass is 9.88. The van der Waals surface area contributed by atoms with Crippen LogP contribution in [-0.2, 0) is 0 Å². The minimum absolute atomic E-state index is 0.888. The summed E-state index contributed by atoms with van der Waals surface area (Å²) in [5.41, 5.74) is 15.5. The van der Waals surface area contributed by atoms with E-state index >= 15 is 0 Å². The van der Waals surface area contributed by atoms with E-state index < -0.39 is 0 Å². The number of hydrogen-bond acceptors (Lipinski definition) is 2. The number of fused-ring (bicyclic) bond motifs is 4. The molecule has 2 heteroatoms. The molecule has 0 aliphatic heterocycles. The monoisotopic (exact) mass is 558 g/mol. The maximum atomic E-state index is 5.37. The second-order valence-electron chi connectivity index (χ2n) is 11.3. The predicted octanol–water partition coefficient (Wildman–Crippen LogP) is 11.1. The molecular formula is C42H26N2. The zero-order valence-corrected chi connectivity index (χ0v) is 23.9. The highest BCUT2D eigenvalue weighted by Crippen LogP contribution is 2.55. The van der Waals surface area contributed by atoms with E-state index in [9.17, 15) is 0 Å². The molecule has 0 atom stereocenters.